The van der Waals surface area contributed by atoms with Crippen LogP contribution in [0.25, 0.3) is 78.3 Å². The predicted molar refractivity (Wildman–Crippen MR) is 202 cm³/mol. The summed E-state index contributed by atoms with van der Waals surface area (Å²) in [6.45, 7) is 4.63. The Balaban J connectivity index is 1.32. The molecular formula is C46H33N3. The van der Waals surface area contributed by atoms with E-state index in [1.807, 2.05) is 18.2 Å². The third kappa shape index (κ3) is 5.03. The van der Waals surface area contributed by atoms with E-state index in [-0.39, 0.29) is 5.41 Å². The second kappa shape index (κ2) is 11.5. The lowest BCUT2D eigenvalue weighted by Crippen LogP contribution is -2.14. The first kappa shape index (κ1) is 29.0. The molecule has 0 saturated carbocycles. The highest BCUT2D eigenvalue weighted by Crippen LogP contribution is 2.50. The van der Waals surface area contributed by atoms with Crippen molar-refractivity contribution in [2.24, 2.45) is 0 Å². The fourth-order valence-corrected chi connectivity index (χ4v) is 7.32. The van der Waals surface area contributed by atoms with Crippen LogP contribution in [0.1, 0.15) is 25.0 Å². The van der Waals surface area contributed by atoms with E-state index in [2.05, 4.69) is 159 Å². The number of pyridine rings is 1. The molecule has 0 aliphatic heterocycles. The van der Waals surface area contributed by atoms with E-state index in [0.717, 1.165) is 55.8 Å². The molecular weight excluding hydrogens is 595 g/mol. The molecule has 8 aromatic rings. The van der Waals surface area contributed by atoms with E-state index in [9.17, 15) is 0 Å². The van der Waals surface area contributed by atoms with E-state index >= 15 is 0 Å². The molecule has 3 heteroatoms. The van der Waals surface area contributed by atoms with Crippen molar-refractivity contribution in [2.45, 2.75) is 19.3 Å². The van der Waals surface area contributed by atoms with Crippen LogP contribution in [-0.4, -0.2) is 15.0 Å². The number of fused-ring (bicyclic) bond motifs is 4. The second-order valence-electron chi connectivity index (χ2n) is 13.3. The van der Waals surface area contributed by atoms with Gasteiger partial charge in [-0.1, -0.05) is 147 Å². The second-order valence-corrected chi connectivity index (χ2v) is 13.3. The molecule has 1 aliphatic carbocycles. The van der Waals surface area contributed by atoms with Gasteiger partial charge in [0, 0.05) is 33.1 Å². The van der Waals surface area contributed by atoms with Crippen LogP contribution in [-0.2, 0) is 5.41 Å². The summed E-state index contributed by atoms with van der Waals surface area (Å²) in [6.07, 6.45) is 0. The lowest BCUT2D eigenvalue weighted by atomic mass is 9.82. The third-order valence-corrected chi connectivity index (χ3v) is 9.88. The van der Waals surface area contributed by atoms with Gasteiger partial charge < -0.3 is 0 Å². The van der Waals surface area contributed by atoms with Crippen LogP contribution in [0.2, 0.25) is 0 Å². The highest BCUT2D eigenvalue weighted by molar-refractivity contribution is 6.01. The Kier molecular flexibility index (Phi) is 6.80. The van der Waals surface area contributed by atoms with E-state index in [4.69, 9.17) is 15.0 Å². The summed E-state index contributed by atoms with van der Waals surface area (Å²) in [5.74, 6) is 0.677. The van der Waals surface area contributed by atoms with Crippen molar-refractivity contribution in [1.82, 2.24) is 15.0 Å². The van der Waals surface area contributed by atoms with Crippen molar-refractivity contribution in [3.05, 3.63) is 175 Å². The largest absolute Gasteiger partial charge is 0.248 e. The van der Waals surface area contributed by atoms with Gasteiger partial charge in [-0.3, -0.25) is 0 Å². The van der Waals surface area contributed by atoms with Gasteiger partial charge >= 0.3 is 0 Å². The summed E-state index contributed by atoms with van der Waals surface area (Å²) in [5, 5.41) is 1.04. The minimum atomic E-state index is -0.134. The zero-order valence-electron chi connectivity index (χ0n) is 27.4. The van der Waals surface area contributed by atoms with Crippen LogP contribution in [0.5, 0.6) is 0 Å². The van der Waals surface area contributed by atoms with Crippen LogP contribution >= 0.6 is 0 Å². The summed E-state index contributed by atoms with van der Waals surface area (Å²) >= 11 is 0. The quantitative estimate of drug-likeness (QED) is 0.191. The minimum absolute atomic E-state index is 0.134. The molecule has 1 aliphatic rings. The Hall–Kier alpha value is -6.19. The van der Waals surface area contributed by atoms with Crippen LogP contribution in [0.3, 0.4) is 0 Å². The molecule has 0 radical (unpaired) electrons. The van der Waals surface area contributed by atoms with Crippen molar-refractivity contribution in [1.29, 1.82) is 0 Å². The number of hydrogen-bond acceptors (Lipinski definition) is 3. The van der Waals surface area contributed by atoms with Crippen LogP contribution < -0.4 is 0 Å². The van der Waals surface area contributed by atoms with Crippen molar-refractivity contribution in [3.63, 3.8) is 0 Å². The van der Waals surface area contributed by atoms with Crippen molar-refractivity contribution >= 4 is 10.9 Å². The van der Waals surface area contributed by atoms with Gasteiger partial charge in [-0.25, -0.2) is 15.0 Å². The number of hydrogen-bond donors (Lipinski definition) is 0. The molecule has 232 valence electrons. The first-order valence-corrected chi connectivity index (χ1v) is 16.8. The van der Waals surface area contributed by atoms with Gasteiger partial charge in [0.15, 0.2) is 5.82 Å². The monoisotopic (exact) mass is 627 g/mol. The maximum Gasteiger partial charge on any atom is 0.161 e. The van der Waals surface area contributed by atoms with Crippen molar-refractivity contribution in [2.75, 3.05) is 0 Å². The summed E-state index contributed by atoms with van der Waals surface area (Å²) < 4.78 is 0. The van der Waals surface area contributed by atoms with E-state index in [1.165, 1.54) is 27.8 Å². The molecule has 0 saturated heterocycles. The molecule has 0 bridgehead atoms. The molecule has 49 heavy (non-hydrogen) atoms. The summed E-state index contributed by atoms with van der Waals surface area (Å²) in [7, 11) is 0. The Morgan fingerprint density at radius 2 is 0.918 bits per heavy atom. The Morgan fingerprint density at radius 1 is 0.367 bits per heavy atom. The fraction of sp³-hybridized carbons (Fsp3) is 0.0652. The molecule has 0 amide bonds. The number of aromatic nitrogens is 3. The Labute approximate surface area is 286 Å². The van der Waals surface area contributed by atoms with Gasteiger partial charge in [-0.15, -0.1) is 0 Å². The van der Waals surface area contributed by atoms with Gasteiger partial charge in [0.05, 0.1) is 22.6 Å². The third-order valence-electron chi connectivity index (χ3n) is 9.88. The maximum absolute atomic E-state index is 5.35. The summed E-state index contributed by atoms with van der Waals surface area (Å²) in [4.78, 5) is 15.9. The predicted octanol–water partition coefficient (Wildman–Crippen LogP) is 11.7. The average molecular weight is 628 g/mol. The average Bonchev–Trinajstić information content (AvgIpc) is 3.39. The molecule has 6 aromatic carbocycles. The Bertz CT molecular complexity index is 2500. The normalized spacial score (nSPS) is 12.9. The molecule has 0 N–H and O–H groups in total. The van der Waals surface area contributed by atoms with E-state index in [1.54, 1.807) is 0 Å². The molecule has 2 aromatic heterocycles. The van der Waals surface area contributed by atoms with Crippen molar-refractivity contribution < 1.29 is 0 Å². The molecule has 0 fully saturated rings. The fourth-order valence-electron chi connectivity index (χ4n) is 7.32. The highest BCUT2D eigenvalue weighted by atomic mass is 14.9. The molecule has 0 atom stereocenters. The lowest BCUT2D eigenvalue weighted by Gasteiger charge is -2.22. The highest BCUT2D eigenvalue weighted by Gasteiger charge is 2.36. The molecule has 0 unspecified atom stereocenters. The number of benzene rings is 6. The Morgan fingerprint density at radius 3 is 1.61 bits per heavy atom. The number of nitrogens with zero attached hydrogens (tertiary/aromatic N) is 3. The lowest BCUT2D eigenvalue weighted by molar-refractivity contribution is 0.661. The van der Waals surface area contributed by atoms with Gasteiger partial charge in [0.25, 0.3) is 0 Å². The smallest absolute Gasteiger partial charge is 0.161 e. The molecule has 0 spiro atoms. The zero-order chi connectivity index (χ0) is 33.0. The summed E-state index contributed by atoms with van der Waals surface area (Å²) in [6, 6.07) is 57.6. The zero-order valence-corrected chi connectivity index (χ0v) is 27.4. The van der Waals surface area contributed by atoms with Gasteiger partial charge in [-0.05, 0) is 63.7 Å². The topological polar surface area (TPSA) is 38.7 Å². The van der Waals surface area contributed by atoms with Gasteiger partial charge in [-0.2, -0.15) is 0 Å². The maximum atomic E-state index is 5.35. The summed E-state index contributed by atoms with van der Waals surface area (Å²) in [5.41, 5.74) is 15.1. The molecule has 3 nitrogen and oxygen atoms in total. The van der Waals surface area contributed by atoms with E-state index < -0.39 is 0 Å². The minimum Gasteiger partial charge on any atom is -0.248 e. The van der Waals surface area contributed by atoms with Crippen LogP contribution in [0.15, 0.2) is 164 Å². The van der Waals surface area contributed by atoms with Gasteiger partial charge in [0.1, 0.15) is 0 Å². The first-order valence-electron chi connectivity index (χ1n) is 16.8. The van der Waals surface area contributed by atoms with Crippen molar-refractivity contribution in [3.8, 4) is 67.4 Å². The van der Waals surface area contributed by atoms with E-state index in [0.29, 0.717) is 5.82 Å². The van der Waals surface area contributed by atoms with Crippen LogP contribution in [0, 0.1) is 0 Å². The van der Waals surface area contributed by atoms with Crippen LogP contribution in [0.4, 0.5) is 0 Å². The molecule has 9 rings (SSSR count). The first-order chi connectivity index (χ1) is 24.0. The molecule has 2 heterocycles. The number of rotatable bonds is 5. The standard InChI is InChI=1S/C46H33N3/c1-46(2)39-24-13-12-23-35(39)36-26-37-38(27-41(31-17-8-4-9-18-31)47-44(37)28-40(36)46)45-48-42(32-19-10-5-11-20-32)29-43(49-45)34-22-14-21-33(25-34)30-15-6-3-7-16-30/h3-29H,1-2H3. The van der Waals surface area contributed by atoms with Gasteiger partial charge in [0.2, 0.25) is 0 Å². The SMILES string of the molecule is CC1(C)c2ccccc2-c2cc3c(-c4nc(-c5ccccc5)cc(-c5cccc(-c6ccccc6)c5)n4)cc(-c4ccccc4)nc3cc21.